The Bertz CT molecular complexity index is 438. The minimum atomic E-state index is 0.0933. The molecule has 1 aromatic carbocycles. The lowest BCUT2D eigenvalue weighted by molar-refractivity contribution is 0.154. The van der Waals surface area contributed by atoms with Crippen LogP contribution in [0.3, 0.4) is 0 Å². The van der Waals surface area contributed by atoms with Crippen LogP contribution in [0, 0.1) is 0 Å². The van der Waals surface area contributed by atoms with Gasteiger partial charge in [0, 0.05) is 35.4 Å². The minimum Gasteiger partial charge on any atom is -0.409 e. The number of halogens is 1. The number of amidine groups is 1. The van der Waals surface area contributed by atoms with Crippen molar-refractivity contribution in [2.45, 2.75) is 13.8 Å². The van der Waals surface area contributed by atoms with Gasteiger partial charge in [-0.25, -0.2) is 0 Å². The van der Waals surface area contributed by atoms with Crippen LogP contribution in [0.15, 0.2) is 27.8 Å². The monoisotopic (exact) mass is 329 g/mol. The third kappa shape index (κ3) is 4.40. The molecule has 0 spiro atoms. The van der Waals surface area contributed by atoms with E-state index in [0.717, 1.165) is 29.9 Å². The fourth-order valence-electron chi connectivity index (χ4n) is 1.75. The number of nitrogens with zero attached hydrogens (tertiary/aromatic N) is 2. The highest BCUT2D eigenvalue weighted by atomic mass is 79.9. The molecule has 1 rings (SSSR count). The van der Waals surface area contributed by atoms with Gasteiger partial charge < -0.3 is 20.6 Å². The highest BCUT2D eigenvalue weighted by molar-refractivity contribution is 9.10. The van der Waals surface area contributed by atoms with E-state index in [1.54, 1.807) is 0 Å². The first-order valence-electron chi connectivity index (χ1n) is 6.24. The zero-order valence-corrected chi connectivity index (χ0v) is 12.9. The third-order valence-corrected chi connectivity index (χ3v) is 3.45. The molecule has 3 N–H and O–H groups in total. The van der Waals surface area contributed by atoms with Crippen molar-refractivity contribution < 1.29 is 9.94 Å². The summed E-state index contributed by atoms with van der Waals surface area (Å²) in [5, 5.41) is 11.7. The molecule has 0 aromatic heterocycles. The zero-order chi connectivity index (χ0) is 14.3. The maximum Gasteiger partial charge on any atom is 0.171 e. The first kappa shape index (κ1) is 15.8. The smallest absolute Gasteiger partial charge is 0.171 e. The Kier molecular flexibility index (Phi) is 6.66. The first-order chi connectivity index (χ1) is 9.13. The van der Waals surface area contributed by atoms with Crippen molar-refractivity contribution in [3.63, 3.8) is 0 Å². The van der Waals surface area contributed by atoms with Gasteiger partial charge in [-0.2, -0.15) is 0 Å². The Hall–Kier alpha value is -1.27. The van der Waals surface area contributed by atoms with Crippen molar-refractivity contribution in [3.8, 4) is 0 Å². The second-order valence-electron chi connectivity index (χ2n) is 3.93. The lowest BCUT2D eigenvalue weighted by Crippen LogP contribution is -2.27. The van der Waals surface area contributed by atoms with Gasteiger partial charge in [0.25, 0.3) is 0 Å². The maximum atomic E-state index is 8.70. The number of anilines is 1. The van der Waals surface area contributed by atoms with Crippen LogP contribution in [0.5, 0.6) is 0 Å². The topological polar surface area (TPSA) is 71.1 Å². The third-order valence-electron chi connectivity index (χ3n) is 2.79. The molecule has 19 heavy (non-hydrogen) atoms. The van der Waals surface area contributed by atoms with Crippen molar-refractivity contribution in [3.05, 3.63) is 28.2 Å². The van der Waals surface area contributed by atoms with E-state index in [9.17, 15) is 0 Å². The first-order valence-corrected chi connectivity index (χ1v) is 7.03. The molecule has 0 aliphatic rings. The van der Waals surface area contributed by atoms with E-state index in [1.165, 1.54) is 0 Å². The second kappa shape index (κ2) is 8.01. The van der Waals surface area contributed by atoms with E-state index in [0.29, 0.717) is 12.2 Å². The number of hydrogen-bond donors (Lipinski definition) is 2. The summed E-state index contributed by atoms with van der Waals surface area (Å²) in [6.45, 7) is 7.23. The molecular formula is C13H20BrN3O2. The fraction of sp³-hybridized carbons (Fsp3) is 0.462. The van der Waals surface area contributed by atoms with Gasteiger partial charge in [0.15, 0.2) is 5.84 Å². The summed E-state index contributed by atoms with van der Waals surface area (Å²) in [4.78, 5) is 2.20. The molecule has 0 saturated heterocycles. The van der Waals surface area contributed by atoms with Gasteiger partial charge in [0.1, 0.15) is 0 Å². The summed E-state index contributed by atoms with van der Waals surface area (Å²) in [6, 6.07) is 5.74. The molecule has 0 atom stereocenters. The van der Waals surface area contributed by atoms with Crippen LogP contribution in [0.1, 0.15) is 19.4 Å². The summed E-state index contributed by atoms with van der Waals surface area (Å²) in [6.07, 6.45) is 0. The van der Waals surface area contributed by atoms with E-state index >= 15 is 0 Å². The van der Waals surface area contributed by atoms with Gasteiger partial charge in [-0.1, -0.05) is 5.16 Å². The normalized spacial score (nSPS) is 11.6. The van der Waals surface area contributed by atoms with E-state index in [4.69, 9.17) is 15.7 Å². The number of ether oxygens (including phenoxy) is 1. The molecule has 0 radical (unpaired) electrons. The Balaban J connectivity index is 2.85. The number of benzene rings is 1. The van der Waals surface area contributed by atoms with Crippen LogP contribution in [-0.2, 0) is 4.74 Å². The summed E-state index contributed by atoms with van der Waals surface area (Å²) >= 11 is 3.44. The van der Waals surface area contributed by atoms with Crippen LogP contribution < -0.4 is 10.6 Å². The minimum absolute atomic E-state index is 0.0933. The van der Waals surface area contributed by atoms with Crippen molar-refractivity contribution in [2.75, 3.05) is 31.2 Å². The molecule has 1 aromatic rings. The number of nitrogens with two attached hydrogens (primary N) is 1. The van der Waals surface area contributed by atoms with Gasteiger partial charge in [-0.15, -0.1) is 0 Å². The van der Waals surface area contributed by atoms with Crippen LogP contribution in [0.25, 0.3) is 0 Å². The average Bonchev–Trinajstić information content (AvgIpc) is 2.43. The molecule has 0 aliphatic carbocycles. The molecule has 0 heterocycles. The molecule has 0 aliphatic heterocycles. The van der Waals surface area contributed by atoms with Crippen LogP contribution >= 0.6 is 15.9 Å². The quantitative estimate of drug-likeness (QED) is 0.265. The predicted octanol–water partition coefficient (Wildman–Crippen LogP) is 2.41. The number of oxime groups is 1. The molecule has 0 saturated carbocycles. The Labute approximate surface area is 122 Å². The highest BCUT2D eigenvalue weighted by Crippen LogP contribution is 2.24. The van der Waals surface area contributed by atoms with Gasteiger partial charge >= 0.3 is 0 Å². The molecule has 106 valence electrons. The molecule has 0 fully saturated rings. The molecule has 0 amide bonds. The van der Waals surface area contributed by atoms with Crippen molar-refractivity contribution in [1.29, 1.82) is 0 Å². The Morgan fingerprint density at radius 2 is 2.21 bits per heavy atom. The van der Waals surface area contributed by atoms with Crippen molar-refractivity contribution in [2.24, 2.45) is 10.9 Å². The van der Waals surface area contributed by atoms with Gasteiger partial charge in [0.2, 0.25) is 0 Å². The lowest BCUT2D eigenvalue weighted by Gasteiger charge is -2.23. The lowest BCUT2D eigenvalue weighted by atomic mass is 10.2. The van der Waals surface area contributed by atoms with E-state index in [1.807, 2.05) is 25.1 Å². The molecular weight excluding hydrogens is 310 g/mol. The predicted molar refractivity (Wildman–Crippen MR) is 81.0 cm³/mol. The summed E-state index contributed by atoms with van der Waals surface area (Å²) < 4.78 is 6.17. The summed E-state index contributed by atoms with van der Waals surface area (Å²) in [5.74, 6) is 0.0933. The van der Waals surface area contributed by atoms with E-state index in [-0.39, 0.29) is 5.84 Å². The number of rotatable bonds is 7. The summed E-state index contributed by atoms with van der Waals surface area (Å²) in [5.41, 5.74) is 7.33. The second-order valence-corrected chi connectivity index (χ2v) is 4.78. The van der Waals surface area contributed by atoms with Gasteiger partial charge in [-0.3, -0.25) is 0 Å². The maximum absolute atomic E-state index is 8.70. The average molecular weight is 330 g/mol. The van der Waals surface area contributed by atoms with Crippen molar-refractivity contribution >= 4 is 27.5 Å². The molecule has 5 nitrogen and oxygen atoms in total. The number of likely N-dealkylation sites (N-methyl/N-ethyl adjacent to an activating group) is 1. The standard InChI is InChI=1S/C13H20BrN3O2/c1-3-17(7-8-19-4-2)10-5-6-11(12(14)9-10)13(15)16-18/h5-6,9,18H,3-4,7-8H2,1-2H3,(H2,15,16). The van der Waals surface area contributed by atoms with Crippen LogP contribution in [0.4, 0.5) is 5.69 Å². The SMILES string of the molecule is CCOCCN(CC)c1ccc(/C(N)=N/O)c(Br)c1. The zero-order valence-electron chi connectivity index (χ0n) is 11.3. The summed E-state index contributed by atoms with van der Waals surface area (Å²) in [7, 11) is 0. The molecule has 6 heteroatoms. The van der Waals surface area contributed by atoms with Gasteiger partial charge in [0.05, 0.1) is 6.61 Å². The van der Waals surface area contributed by atoms with Crippen LogP contribution in [-0.4, -0.2) is 37.3 Å². The highest BCUT2D eigenvalue weighted by Gasteiger charge is 2.09. The number of hydrogen-bond acceptors (Lipinski definition) is 4. The van der Waals surface area contributed by atoms with Crippen molar-refractivity contribution in [1.82, 2.24) is 0 Å². The van der Waals surface area contributed by atoms with Gasteiger partial charge in [-0.05, 0) is 48.0 Å². The largest absolute Gasteiger partial charge is 0.409 e. The molecule has 0 unspecified atom stereocenters. The van der Waals surface area contributed by atoms with E-state index in [2.05, 4.69) is 32.9 Å². The van der Waals surface area contributed by atoms with Crippen LogP contribution in [0.2, 0.25) is 0 Å². The Morgan fingerprint density at radius 3 is 2.74 bits per heavy atom. The Morgan fingerprint density at radius 1 is 1.47 bits per heavy atom. The van der Waals surface area contributed by atoms with E-state index < -0.39 is 0 Å². The fourth-order valence-corrected chi connectivity index (χ4v) is 2.32. The molecule has 0 bridgehead atoms.